The predicted molar refractivity (Wildman–Crippen MR) is 247 cm³/mol. The number of esters is 4. The van der Waals surface area contributed by atoms with Crippen molar-refractivity contribution in [3.05, 3.63) is 225 Å². The van der Waals surface area contributed by atoms with Gasteiger partial charge in [-0.1, -0.05) is 146 Å². The number of carbonyl (C=O) groups is 4. The van der Waals surface area contributed by atoms with E-state index in [-0.39, 0.29) is 0 Å². The van der Waals surface area contributed by atoms with Crippen LogP contribution < -0.4 is 10.4 Å². The Morgan fingerprint density at radius 3 is 0.641 bits per heavy atom. The highest BCUT2D eigenvalue weighted by Crippen LogP contribution is 2.45. The van der Waals surface area contributed by atoms with E-state index in [0.717, 1.165) is 66.1 Å². The minimum Gasteiger partial charge on any atom is -0.465 e. The van der Waals surface area contributed by atoms with Crippen molar-refractivity contribution in [3.8, 4) is 44.5 Å². The molecule has 0 amide bonds. The van der Waals surface area contributed by atoms with Gasteiger partial charge in [0, 0.05) is 0 Å². The highest BCUT2D eigenvalue weighted by molar-refractivity contribution is 6.10. The van der Waals surface area contributed by atoms with Crippen LogP contribution in [-0.4, -0.2) is 52.3 Å². The fourth-order valence-corrected chi connectivity index (χ4v) is 8.93. The van der Waals surface area contributed by atoms with Crippen LogP contribution in [0.4, 0.5) is 0 Å². The molecule has 1 aromatic rings. The van der Waals surface area contributed by atoms with Crippen LogP contribution >= 0.6 is 0 Å². The maximum Gasteiger partial charge on any atom is 0.338 e. The Morgan fingerprint density at radius 1 is 0.266 bits per heavy atom. The van der Waals surface area contributed by atoms with Crippen LogP contribution in [0.25, 0.3) is 55.7 Å². The summed E-state index contributed by atoms with van der Waals surface area (Å²) in [7, 11) is 5.46. The van der Waals surface area contributed by atoms with E-state index < -0.39 is 23.9 Å². The number of carbonyl (C=O) groups excluding carboxylic acids is 4. The SMILES string of the molecule is COC(=O)c1cc(C(c2cc(C(=O)OC)c3cccccc2-3)=c2ccc(=C(c3cc(C(=O)OC)c4cccccc3-4)c3cc(C(=O)OC)c4cccccc3-4)cc2)c2cccccc1-2. The third kappa shape index (κ3) is 7.01. The molecule has 9 rings (SSSR count). The van der Waals surface area contributed by atoms with Crippen molar-refractivity contribution in [1.82, 2.24) is 0 Å². The monoisotopic (exact) mass is 840 g/mol. The summed E-state index contributed by atoms with van der Waals surface area (Å²) in [5.74, 6) is -1.91. The van der Waals surface area contributed by atoms with Crippen molar-refractivity contribution in [3.63, 3.8) is 0 Å². The summed E-state index contributed by atoms with van der Waals surface area (Å²) >= 11 is 0. The van der Waals surface area contributed by atoms with Gasteiger partial charge in [-0.2, -0.15) is 0 Å². The fourth-order valence-electron chi connectivity index (χ4n) is 8.93. The summed E-state index contributed by atoms with van der Waals surface area (Å²) < 4.78 is 21.2. The molecule has 0 radical (unpaired) electrons. The predicted octanol–water partition coefficient (Wildman–Crippen LogP) is 9.75. The van der Waals surface area contributed by atoms with Crippen LogP contribution in [0.15, 0.2) is 170 Å². The second-order valence-electron chi connectivity index (χ2n) is 15.1. The van der Waals surface area contributed by atoms with E-state index in [2.05, 4.69) is 0 Å². The van der Waals surface area contributed by atoms with E-state index in [4.69, 9.17) is 18.9 Å². The van der Waals surface area contributed by atoms with E-state index in [0.29, 0.717) is 44.5 Å². The van der Waals surface area contributed by atoms with Crippen molar-refractivity contribution >= 4 is 35.0 Å². The van der Waals surface area contributed by atoms with Gasteiger partial charge in [0.1, 0.15) is 0 Å². The molecule has 0 N–H and O–H groups in total. The zero-order chi connectivity index (χ0) is 44.5. The zero-order valence-corrected chi connectivity index (χ0v) is 35.4. The molecule has 0 unspecified atom stereocenters. The number of rotatable bonds is 8. The maximum absolute atomic E-state index is 13.4. The smallest absolute Gasteiger partial charge is 0.338 e. The molecule has 0 heterocycles. The number of fused-ring (bicyclic) bond motifs is 4. The van der Waals surface area contributed by atoms with E-state index >= 15 is 0 Å². The first kappa shape index (κ1) is 41.0. The second-order valence-corrected chi connectivity index (χ2v) is 15.1. The standard InChI is InChI=1S/C56H40O8/c1-61-53(57)47-29-43(35-17-9-5-13-21-39(35)47)51(44-30-48(54(58)62-2)40-22-14-6-10-18-36(40)44)33-25-27-34(28-26-33)52(45-31-49(55(59)63-3)41-23-15-7-11-19-37(41)45)46-32-50(56(60)64-4)42-24-16-8-12-20-38(42)46/h5-32H,1-4H3. The van der Waals surface area contributed by atoms with Crippen LogP contribution in [0.3, 0.4) is 0 Å². The van der Waals surface area contributed by atoms with Crippen molar-refractivity contribution in [2.75, 3.05) is 28.4 Å². The lowest BCUT2D eigenvalue weighted by Gasteiger charge is -2.12. The normalized spacial score (nSPS) is 11.1. The van der Waals surface area contributed by atoms with Crippen molar-refractivity contribution in [2.45, 2.75) is 0 Å². The minimum atomic E-state index is -0.478. The van der Waals surface area contributed by atoms with Crippen LogP contribution in [0.5, 0.6) is 0 Å². The molecule has 8 nitrogen and oxygen atoms in total. The fraction of sp³-hybridized carbons (Fsp3) is 0.0714. The van der Waals surface area contributed by atoms with Crippen LogP contribution in [0.2, 0.25) is 0 Å². The number of hydrogen-bond acceptors (Lipinski definition) is 8. The van der Waals surface area contributed by atoms with Gasteiger partial charge < -0.3 is 18.9 Å². The number of ether oxygens (including phenoxy) is 4. The van der Waals surface area contributed by atoms with Crippen LogP contribution in [0, 0.1) is 0 Å². The molecule has 0 saturated carbocycles. The first-order valence-corrected chi connectivity index (χ1v) is 20.5. The summed E-state index contributed by atoms with van der Waals surface area (Å²) in [4.78, 5) is 53.6. The van der Waals surface area contributed by atoms with Crippen molar-refractivity contribution in [2.24, 2.45) is 0 Å². The van der Waals surface area contributed by atoms with Gasteiger partial charge in [0.05, 0.1) is 50.7 Å². The van der Waals surface area contributed by atoms with Gasteiger partial charge in [0.15, 0.2) is 0 Å². The molecule has 64 heavy (non-hydrogen) atoms. The second kappa shape index (κ2) is 17.2. The molecule has 1 aromatic carbocycles. The van der Waals surface area contributed by atoms with Gasteiger partial charge in [-0.15, -0.1) is 0 Å². The van der Waals surface area contributed by atoms with Crippen LogP contribution in [-0.2, 0) is 18.9 Å². The summed E-state index contributed by atoms with van der Waals surface area (Å²) in [5.41, 5.74) is 12.2. The molecule has 0 atom stereocenters. The van der Waals surface area contributed by atoms with Crippen molar-refractivity contribution in [1.29, 1.82) is 0 Å². The average molecular weight is 841 g/mol. The lowest BCUT2D eigenvalue weighted by atomic mass is 9.90. The highest BCUT2D eigenvalue weighted by atomic mass is 16.5. The molecule has 0 aliphatic heterocycles. The molecule has 0 fully saturated rings. The summed E-state index contributed by atoms with van der Waals surface area (Å²) in [6, 6.07) is 53.8. The van der Waals surface area contributed by atoms with Gasteiger partial charge >= 0.3 is 23.9 Å². The number of benzene rings is 1. The Morgan fingerprint density at radius 2 is 0.453 bits per heavy atom. The Hall–Kier alpha value is -8.36. The minimum absolute atomic E-state index is 0.401. The van der Waals surface area contributed by atoms with Crippen LogP contribution in [0.1, 0.15) is 63.7 Å². The van der Waals surface area contributed by atoms with Gasteiger partial charge in [0.2, 0.25) is 0 Å². The molecule has 8 aliphatic carbocycles. The largest absolute Gasteiger partial charge is 0.465 e. The zero-order valence-electron chi connectivity index (χ0n) is 35.4. The maximum atomic E-state index is 13.4. The van der Waals surface area contributed by atoms with Gasteiger partial charge in [-0.3, -0.25) is 0 Å². The van der Waals surface area contributed by atoms with E-state index in [9.17, 15) is 19.2 Å². The molecule has 0 saturated heterocycles. The summed E-state index contributed by atoms with van der Waals surface area (Å²) in [6.07, 6.45) is 0. The topological polar surface area (TPSA) is 105 Å². The first-order valence-electron chi connectivity index (χ1n) is 20.5. The Bertz CT molecular complexity index is 2870. The highest BCUT2D eigenvalue weighted by Gasteiger charge is 2.30. The Balaban J connectivity index is 1.43. The van der Waals surface area contributed by atoms with Gasteiger partial charge in [-0.25, -0.2) is 19.2 Å². The molecule has 0 bridgehead atoms. The molecule has 0 spiro atoms. The molecule has 8 heteroatoms. The Labute approximate surface area is 369 Å². The van der Waals surface area contributed by atoms with Crippen molar-refractivity contribution < 1.29 is 38.1 Å². The van der Waals surface area contributed by atoms with E-state index in [1.165, 1.54) is 28.4 Å². The van der Waals surface area contributed by atoms with Gasteiger partial charge in [-0.05, 0) is 113 Å². The molecular weight excluding hydrogens is 801 g/mol. The number of methoxy groups -OCH3 is 4. The molecule has 8 aliphatic rings. The number of hydrogen-bond donors (Lipinski definition) is 0. The third-order valence-electron chi connectivity index (χ3n) is 11.8. The summed E-state index contributed by atoms with van der Waals surface area (Å²) in [5, 5.41) is 1.58. The third-order valence-corrected chi connectivity index (χ3v) is 11.8. The van der Waals surface area contributed by atoms with E-state index in [1.54, 1.807) is 0 Å². The molecular formula is C56H40O8. The summed E-state index contributed by atoms with van der Waals surface area (Å²) in [6.45, 7) is 0. The first-order chi connectivity index (χ1) is 31.3. The van der Waals surface area contributed by atoms with E-state index in [1.807, 2.05) is 170 Å². The average Bonchev–Trinajstić information content (AvgIpc) is 3.76. The molecule has 0 aromatic heterocycles. The molecule has 312 valence electrons. The quantitative estimate of drug-likeness (QED) is 0.110. The van der Waals surface area contributed by atoms with Gasteiger partial charge in [0.25, 0.3) is 0 Å². The lowest BCUT2D eigenvalue weighted by molar-refractivity contribution is 0.0593. The Kier molecular flexibility index (Phi) is 11.0. The lowest BCUT2D eigenvalue weighted by Crippen LogP contribution is -2.15.